The summed E-state index contributed by atoms with van der Waals surface area (Å²) in [6.07, 6.45) is 0. The lowest BCUT2D eigenvalue weighted by Crippen LogP contribution is -2.22. The van der Waals surface area contributed by atoms with Crippen molar-refractivity contribution in [2.75, 3.05) is 5.32 Å². The van der Waals surface area contributed by atoms with Crippen LogP contribution in [0.25, 0.3) is 0 Å². The molecule has 5 heteroatoms. The van der Waals surface area contributed by atoms with Crippen molar-refractivity contribution in [1.29, 1.82) is 0 Å². The van der Waals surface area contributed by atoms with Gasteiger partial charge in [0.2, 0.25) is 0 Å². The number of nitrogens with one attached hydrogen (secondary N) is 1. The molecule has 0 fully saturated rings. The van der Waals surface area contributed by atoms with Crippen molar-refractivity contribution >= 4 is 23.0 Å². The van der Waals surface area contributed by atoms with Crippen molar-refractivity contribution in [1.82, 2.24) is 4.98 Å². The van der Waals surface area contributed by atoms with Gasteiger partial charge in [0.15, 0.2) is 5.96 Å². The SMILES string of the molecule is Cc1nc(C)c(CN=C(N)Nc2cccc(C(C)C)c2)s1. The molecule has 112 valence electrons. The van der Waals surface area contributed by atoms with Gasteiger partial charge in [-0.05, 0) is 37.5 Å². The summed E-state index contributed by atoms with van der Waals surface area (Å²) in [5.41, 5.74) is 9.25. The maximum absolute atomic E-state index is 5.96. The number of guanidine groups is 1. The smallest absolute Gasteiger partial charge is 0.193 e. The van der Waals surface area contributed by atoms with Crippen molar-refractivity contribution in [3.63, 3.8) is 0 Å². The zero-order chi connectivity index (χ0) is 15.4. The van der Waals surface area contributed by atoms with E-state index in [1.165, 1.54) is 5.56 Å². The summed E-state index contributed by atoms with van der Waals surface area (Å²) >= 11 is 1.67. The van der Waals surface area contributed by atoms with Gasteiger partial charge in [-0.25, -0.2) is 9.98 Å². The molecular weight excluding hydrogens is 280 g/mol. The number of rotatable bonds is 4. The number of hydrogen-bond acceptors (Lipinski definition) is 3. The predicted octanol–water partition coefficient (Wildman–Crippen LogP) is 3.81. The Morgan fingerprint density at radius 3 is 2.76 bits per heavy atom. The molecule has 0 amide bonds. The van der Waals surface area contributed by atoms with E-state index in [9.17, 15) is 0 Å². The third-order valence-electron chi connectivity index (χ3n) is 3.22. The van der Waals surface area contributed by atoms with Crippen LogP contribution < -0.4 is 11.1 Å². The Morgan fingerprint density at radius 2 is 2.14 bits per heavy atom. The number of anilines is 1. The minimum absolute atomic E-state index is 0.432. The second-order valence-electron chi connectivity index (χ2n) is 5.35. The van der Waals surface area contributed by atoms with Crippen LogP contribution in [0.3, 0.4) is 0 Å². The molecule has 0 radical (unpaired) electrons. The lowest BCUT2D eigenvalue weighted by atomic mass is 10.0. The van der Waals surface area contributed by atoms with Gasteiger partial charge in [-0.1, -0.05) is 26.0 Å². The minimum Gasteiger partial charge on any atom is -0.370 e. The van der Waals surface area contributed by atoms with E-state index in [0.29, 0.717) is 18.4 Å². The average Bonchev–Trinajstić information content (AvgIpc) is 2.75. The van der Waals surface area contributed by atoms with Crippen molar-refractivity contribution in [3.8, 4) is 0 Å². The molecule has 2 aromatic rings. The highest BCUT2D eigenvalue weighted by molar-refractivity contribution is 7.11. The van der Waals surface area contributed by atoms with Crippen LogP contribution in [0, 0.1) is 13.8 Å². The summed E-state index contributed by atoms with van der Waals surface area (Å²) in [5, 5.41) is 4.21. The topological polar surface area (TPSA) is 63.3 Å². The molecular formula is C16H22N4S. The number of hydrogen-bond donors (Lipinski definition) is 2. The highest BCUT2D eigenvalue weighted by atomic mass is 32.1. The van der Waals surface area contributed by atoms with Crippen molar-refractivity contribution < 1.29 is 0 Å². The molecule has 3 N–H and O–H groups in total. The molecule has 0 saturated heterocycles. The lowest BCUT2D eigenvalue weighted by molar-refractivity contribution is 0.867. The Bertz CT molecular complexity index is 643. The lowest BCUT2D eigenvalue weighted by Gasteiger charge is -2.09. The van der Waals surface area contributed by atoms with Crippen molar-refractivity contribution in [2.24, 2.45) is 10.7 Å². The molecule has 1 aromatic carbocycles. The fourth-order valence-corrected chi connectivity index (χ4v) is 2.90. The molecule has 2 rings (SSSR count). The summed E-state index contributed by atoms with van der Waals surface area (Å²) < 4.78 is 0. The van der Waals surface area contributed by atoms with Gasteiger partial charge < -0.3 is 11.1 Å². The summed E-state index contributed by atoms with van der Waals surface area (Å²) in [6, 6.07) is 8.25. The summed E-state index contributed by atoms with van der Waals surface area (Å²) in [7, 11) is 0. The van der Waals surface area contributed by atoms with Gasteiger partial charge in [-0.2, -0.15) is 0 Å². The molecule has 0 saturated carbocycles. The first-order chi connectivity index (χ1) is 9.95. The minimum atomic E-state index is 0.432. The quantitative estimate of drug-likeness (QED) is 0.667. The largest absolute Gasteiger partial charge is 0.370 e. The Labute approximate surface area is 130 Å². The highest BCUT2D eigenvalue weighted by Gasteiger charge is 2.04. The molecule has 0 aliphatic heterocycles. The monoisotopic (exact) mass is 302 g/mol. The van der Waals surface area contributed by atoms with E-state index in [0.717, 1.165) is 21.3 Å². The Balaban J connectivity index is 2.03. The first-order valence-corrected chi connectivity index (χ1v) is 7.87. The fraction of sp³-hybridized carbons (Fsp3) is 0.375. The van der Waals surface area contributed by atoms with Crippen molar-refractivity contribution in [2.45, 2.75) is 40.2 Å². The predicted molar refractivity (Wildman–Crippen MR) is 91.1 cm³/mol. The third kappa shape index (κ3) is 4.29. The number of nitrogens with zero attached hydrogens (tertiary/aromatic N) is 2. The maximum Gasteiger partial charge on any atom is 0.193 e. The number of benzene rings is 1. The van der Waals surface area contributed by atoms with E-state index in [1.54, 1.807) is 11.3 Å². The Morgan fingerprint density at radius 1 is 1.38 bits per heavy atom. The third-order valence-corrected chi connectivity index (χ3v) is 4.28. The molecule has 0 aliphatic rings. The maximum atomic E-state index is 5.96. The Hall–Kier alpha value is -1.88. The molecule has 4 nitrogen and oxygen atoms in total. The molecule has 0 aliphatic carbocycles. The summed E-state index contributed by atoms with van der Waals surface area (Å²) in [6.45, 7) is 8.92. The van der Waals surface area contributed by atoms with Gasteiger partial charge in [0.25, 0.3) is 0 Å². The van der Waals surface area contributed by atoms with E-state index in [4.69, 9.17) is 5.73 Å². The van der Waals surface area contributed by atoms with Gasteiger partial charge in [-0.15, -0.1) is 11.3 Å². The fourth-order valence-electron chi connectivity index (χ4n) is 2.04. The number of aryl methyl sites for hydroxylation is 2. The zero-order valence-electron chi connectivity index (χ0n) is 13.0. The first-order valence-electron chi connectivity index (χ1n) is 7.05. The van der Waals surface area contributed by atoms with E-state index < -0.39 is 0 Å². The highest BCUT2D eigenvalue weighted by Crippen LogP contribution is 2.19. The zero-order valence-corrected chi connectivity index (χ0v) is 13.8. The molecule has 1 aromatic heterocycles. The Kier molecular flexibility index (Phi) is 4.96. The van der Waals surface area contributed by atoms with Crippen LogP contribution in [0.5, 0.6) is 0 Å². The van der Waals surface area contributed by atoms with Crippen LogP contribution in [-0.2, 0) is 6.54 Å². The second-order valence-corrected chi connectivity index (χ2v) is 6.64. The number of nitrogens with two attached hydrogens (primary N) is 1. The van der Waals surface area contributed by atoms with E-state index in [1.807, 2.05) is 26.0 Å². The standard InChI is InChI=1S/C16H22N4S/c1-10(2)13-6-5-7-14(8-13)20-16(17)18-9-15-11(3)19-12(4)21-15/h5-8,10H,9H2,1-4H3,(H3,17,18,20). The normalized spacial score (nSPS) is 12.0. The van der Waals surface area contributed by atoms with Crippen LogP contribution in [0.4, 0.5) is 5.69 Å². The van der Waals surface area contributed by atoms with Gasteiger partial charge >= 0.3 is 0 Å². The molecule has 1 heterocycles. The number of thiazole rings is 1. The first kappa shape index (κ1) is 15.5. The van der Waals surface area contributed by atoms with Gasteiger partial charge in [0, 0.05) is 10.6 Å². The molecule has 0 unspecified atom stereocenters. The van der Waals surface area contributed by atoms with Crippen LogP contribution >= 0.6 is 11.3 Å². The van der Waals surface area contributed by atoms with Gasteiger partial charge in [-0.3, -0.25) is 0 Å². The average molecular weight is 302 g/mol. The van der Waals surface area contributed by atoms with Gasteiger partial charge in [0.05, 0.1) is 17.2 Å². The van der Waals surface area contributed by atoms with Crippen LogP contribution in [0.15, 0.2) is 29.3 Å². The molecule has 0 spiro atoms. The van der Waals surface area contributed by atoms with Crippen LogP contribution in [0.2, 0.25) is 0 Å². The summed E-state index contributed by atoms with van der Waals surface area (Å²) in [5.74, 6) is 0.925. The van der Waals surface area contributed by atoms with E-state index in [-0.39, 0.29) is 0 Å². The number of aromatic nitrogens is 1. The molecule has 0 bridgehead atoms. The second kappa shape index (κ2) is 6.72. The van der Waals surface area contributed by atoms with E-state index in [2.05, 4.69) is 41.3 Å². The summed E-state index contributed by atoms with van der Waals surface area (Å²) in [4.78, 5) is 9.94. The van der Waals surface area contributed by atoms with E-state index >= 15 is 0 Å². The van der Waals surface area contributed by atoms with Gasteiger partial charge in [0.1, 0.15) is 0 Å². The molecule has 21 heavy (non-hydrogen) atoms. The van der Waals surface area contributed by atoms with Crippen LogP contribution in [0.1, 0.15) is 40.9 Å². The van der Waals surface area contributed by atoms with Crippen molar-refractivity contribution in [3.05, 3.63) is 45.4 Å². The van der Waals surface area contributed by atoms with Crippen LogP contribution in [-0.4, -0.2) is 10.9 Å². The number of aliphatic imine (C=N–C) groups is 1. The molecule has 0 atom stereocenters.